The second-order valence-corrected chi connectivity index (χ2v) is 7.05. The van der Waals surface area contributed by atoms with Crippen LogP contribution in [0.3, 0.4) is 0 Å². The highest BCUT2D eigenvalue weighted by atomic mass is 16.2. The minimum Gasteiger partial charge on any atom is -0.322 e. The summed E-state index contributed by atoms with van der Waals surface area (Å²) in [6.07, 6.45) is 4.97. The number of carbonyl (C=O) groups is 2. The van der Waals surface area contributed by atoms with Crippen LogP contribution in [0.2, 0.25) is 0 Å². The Morgan fingerprint density at radius 2 is 1.62 bits per heavy atom. The van der Waals surface area contributed by atoms with Crippen molar-refractivity contribution in [1.29, 1.82) is 0 Å². The number of nitrogens with one attached hydrogen (secondary N) is 1. The Balaban J connectivity index is 1.52. The summed E-state index contributed by atoms with van der Waals surface area (Å²) in [5.74, 6) is -0.201. The van der Waals surface area contributed by atoms with Crippen LogP contribution in [-0.4, -0.2) is 18.4 Å². The predicted octanol–water partition coefficient (Wildman–Crippen LogP) is 5.31. The van der Waals surface area contributed by atoms with Crippen molar-refractivity contribution in [1.82, 2.24) is 0 Å². The van der Waals surface area contributed by atoms with E-state index in [0.29, 0.717) is 23.4 Å². The van der Waals surface area contributed by atoms with Crippen LogP contribution in [0.15, 0.2) is 78.9 Å². The Bertz CT molecular complexity index is 1080. The molecule has 3 aromatic rings. The smallest absolute Gasteiger partial charge is 0.258 e. The average molecular weight is 382 g/mol. The normalized spacial score (nSPS) is 12.8. The van der Waals surface area contributed by atoms with E-state index in [0.717, 1.165) is 23.2 Å². The topological polar surface area (TPSA) is 49.4 Å². The van der Waals surface area contributed by atoms with Crippen molar-refractivity contribution in [3.05, 3.63) is 101 Å². The van der Waals surface area contributed by atoms with Crippen LogP contribution in [0, 0.1) is 6.92 Å². The van der Waals surface area contributed by atoms with Crippen LogP contribution < -0.4 is 10.2 Å². The summed E-state index contributed by atoms with van der Waals surface area (Å²) in [4.78, 5) is 27.4. The maximum Gasteiger partial charge on any atom is 0.258 e. The molecule has 0 aromatic heterocycles. The van der Waals surface area contributed by atoms with E-state index >= 15 is 0 Å². The van der Waals surface area contributed by atoms with Gasteiger partial charge in [0.2, 0.25) is 0 Å². The van der Waals surface area contributed by atoms with Crippen LogP contribution in [0.5, 0.6) is 0 Å². The fourth-order valence-corrected chi connectivity index (χ4v) is 3.50. The van der Waals surface area contributed by atoms with E-state index in [1.54, 1.807) is 30.3 Å². The number of fused-ring (bicyclic) bond motifs is 1. The molecule has 1 heterocycles. The van der Waals surface area contributed by atoms with Gasteiger partial charge in [0.05, 0.1) is 5.69 Å². The highest BCUT2D eigenvalue weighted by Crippen LogP contribution is 2.27. The lowest BCUT2D eigenvalue weighted by molar-refractivity contribution is 0.0986. The molecule has 3 aromatic carbocycles. The lowest BCUT2D eigenvalue weighted by Gasteiger charge is -2.23. The van der Waals surface area contributed by atoms with Crippen LogP contribution in [0.4, 0.5) is 11.4 Å². The fourth-order valence-electron chi connectivity index (χ4n) is 3.50. The average Bonchev–Trinajstić information content (AvgIpc) is 2.96. The molecule has 4 nitrogen and oxygen atoms in total. The largest absolute Gasteiger partial charge is 0.322 e. The first-order valence-corrected chi connectivity index (χ1v) is 9.68. The number of nitrogens with zero attached hydrogens (tertiary/aromatic N) is 1. The lowest BCUT2D eigenvalue weighted by atomic mass is 10.1. The quantitative estimate of drug-likeness (QED) is 0.667. The summed E-state index contributed by atoms with van der Waals surface area (Å²) in [5.41, 5.74) is 4.78. The summed E-state index contributed by atoms with van der Waals surface area (Å²) in [6, 6.07) is 22.4. The van der Waals surface area contributed by atoms with E-state index in [4.69, 9.17) is 0 Å². The minimum absolute atomic E-state index is 0.0436. The lowest BCUT2D eigenvalue weighted by Crippen LogP contribution is -2.31. The van der Waals surface area contributed by atoms with E-state index in [1.165, 1.54) is 0 Å². The Morgan fingerprint density at radius 3 is 2.41 bits per heavy atom. The van der Waals surface area contributed by atoms with Gasteiger partial charge in [-0.05, 0) is 60.9 Å². The highest BCUT2D eigenvalue weighted by Gasteiger charge is 2.20. The summed E-state index contributed by atoms with van der Waals surface area (Å²) < 4.78 is 0. The molecule has 1 aliphatic rings. The molecule has 4 heteroatoms. The molecule has 1 aliphatic heterocycles. The summed E-state index contributed by atoms with van der Waals surface area (Å²) in [6.45, 7) is 2.54. The SMILES string of the molecule is Cc1ccccc1C(=O)Nc1ccc(C(=O)N2CCC=Cc3ccccc32)cc1. The summed E-state index contributed by atoms with van der Waals surface area (Å²) in [7, 11) is 0. The molecular weight excluding hydrogens is 360 g/mol. The number of aryl methyl sites for hydroxylation is 1. The second-order valence-electron chi connectivity index (χ2n) is 7.05. The van der Waals surface area contributed by atoms with Crippen molar-refractivity contribution in [2.75, 3.05) is 16.8 Å². The van der Waals surface area contributed by atoms with Crippen molar-refractivity contribution >= 4 is 29.3 Å². The van der Waals surface area contributed by atoms with E-state index in [1.807, 2.05) is 54.3 Å². The van der Waals surface area contributed by atoms with Gasteiger partial charge in [-0.15, -0.1) is 0 Å². The van der Waals surface area contributed by atoms with Crippen LogP contribution in [-0.2, 0) is 0 Å². The van der Waals surface area contributed by atoms with E-state index in [9.17, 15) is 9.59 Å². The molecule has 0 radical (unpaired) electrons. The molecule has 1 N–H and O–H groups in total. The number of benzene rings is 3. The summed E-state index contributed by atoms with van der Waals surface area (Å²) in [5, 5.41) is 2.90. The Labute approximate surface area is 170 Å². The van der Waals surface area contributed by atoms with Gasteiger partial charge in [0.1, 0.15) is 0 Å². The Morgan fingerprint density at radius 1 is 0.897 bits per heavy atom. The number of para-hydroxylation sites is 1. The maximum atomic E-state index is 13.1. The van der Waals surface area contributed by atoms with E-state index in [2.05, 4.69) is 17.5 Å². The molecule has 0 fully saturated rings. The van der Waals surface area contributed by atoms with Crippen molar-refractivity contribution in [3.8, 4) is 0 Å². The number of hydrogen-bond acceptors (Lipinski definition) is 2. The van der Waals surface area contributed by atoms with Gasteiger partial charge in [0.15, 0.2) is 0 Å². The molecule has 0 atom stereocenters. The van der Waals surface area contributed by atoms with Crippen LogP contribution in [0.1, 0.15) is 38.3 Å². The molecule has 0 saturated carbocycles. The minimum atomic E-state index is -0.158. The third kappa shape index (κ3) is 3.97. The fraction of sp³-hybridized carbons (Fsp3) is 0.120. The Kier molecular flexibility index (Phi) is 5.25. The number of rotatable bonds is 3. The second kappa shape index (κ2) is 8.15. The van der Waals surface area contributed by atoms with E-state index < -0.39 is 0 Å². The molecule has 29 heavy (non-hydrogen) atoms. The number of carbonyl (C=O) groups excluding carboxylic acids is 2. The van der Waals surface area contributed by atoms with Gasteiger partial charge in [0, 0.05) is 23.4 Å². The maximum absolute atomic E-state index is 13.1. The number of hydrogen-bond donors (Lipinski definition) is 1. The van der Waals surface area contributed by atoms with Crippen molar-refractivity contribution in [2.45, 2.75) is 13.3 Å². The number of amides is 2. The van der Waals surface area contributed by atoms with Crippen LogP contribution in [0.25, 0.3) is 6.08 Å². The zero-order valence-electron chi connectivity index (χ0n) is 16.3. The molecule has 0 bridgehead atoms. The van der Waals surface area contributed by atoms with Crippen molar-refractivity contribution < 1.29 is 9.59 Å². The zero-order valence-corrected chi connectivity index (χ0v) is 16.3. The van der Waals surface area contributed by atoms with Gasteiger partial charge < -0.3 is 10.2 Å². The number of anilines is 2. The summed E-state index contributed by atoms with van der Waals surface area (Å²) >= 11 is 0. The van der Waals surface area contributed by atoms with Crippen LogP contribution >= 0.6 is 0 Å². The third-order valence-corrected chi connectivity index (χ3v) is 5.07. The van der Waals surface area contributed by atoms with Gasteiger partial charge in [-0.25, -0.2) is 0 Å². The third-order valence-electron chi connectivity index (χ3n) is 5.07. The van der Waals surface area contributed by atoms with Gasteiger partial charge in [-0.1, -0.05) is 48.6 Å². The van der Waals surface area contributed by atoms with E-state index in [-0.39, 0.29) is 11.8 Å². The molecular formula is C25H22N2O2. The molecule has 0 saturated heterocycles. The van der Waals surface area contributed by atoms with Gasteiger partial charge in [0.25, 0.3) is 11.8 Å². The van der Waals surface area contributed by atoms with Gasteiger partial charge >= 0.3 is 0 Å². The molecule has 144 valence electrons. The first-order chi connectivity index (χ1) is 14.1. The highest BCUT2D eigenvalue weighted by molar-refractivity contribution is 6.08. The molecule has 0 unspecified atom stereocenters. The standard InChI is InChI=1S/C25H22N2O2/c1-18-8-2-4-11-22(18)24(28)26-21-15-13-20(14-16-21)25(29)27-17-7-6-10-19-9-3-5-12-23(19)27/h2-6,8-16H,7,17H2,1H3,(H,26,28). The zero-order chi connectivity index (χ0) is 20.2. The van der Waals surface area contributed by atoms with Crippen molar-refractivity contribution in [3.63, 3.8) is 0 Å². The molecule has 0 spiro atoms. The Hall–Kier alpha value is -3.66. The molecule has 4 rings (SSSR count). The van der Waals surface area contributed by atoms with Gasteiger partial charge in [-0.3, -0.25) is 9.59 Å². The first-order valence-electron chi connectivity index (χ1n) is 9.68. The monoisotopic (exact) mass is 382 g/mol. The molecule has 0 aliphatic carbocycles. The molecule has 2 amide bonds. The van der Waals surface area contributed by atoms with Crippen molar-refractivity contribution in [2.24, 2.45) is 0 Å². The predicted molar refractivity (Wildman–Crippen MR) is 117 cm³/mol. The van der Waals surface area contributed by atoms with Gasteiger partial charge in [-0.2, -0.15) is 0 Å². The first kappa shape index (κ1) is 18.7.